The lowest BCUT2D eigenvalue weighted by atomic mass is 9.43. The summed E-state index contributed by atoms with van der Waals surface area (Å²) < 4.78 is 6.26. The Balaban J connectivity index is 1.13. The van der Waals surface area contributed by atoms with Crippen LogP contribution in [0.3, 0.4) is 0 Å². The van der Waals surface area contributed by atoms with Crippen molar-refractivity contribution in [3.05, 3.63) is 0 Å². The Morgan fingerprint density at radius 2 is 1.74 bits per heavy atom. The van der Waals surface area contributed by atoms with Gasteiger partial charge in [-0.15, -0.1) is 0 Å². The number of aliphatic hydroxyl groups is 3. The van der Waals surface area contributed by atoms with Crippen molar-refractivity contribution in [3.63, 3.8) is 0 Å². The molecular weight excluding hydrogens is 476 g/mol. The van der Waals surface area contributed by atoms with Crippen LogP contribution in [0.25, 0.3) is 0 Å². The number of carbonyl (C=O) groups is 1. The molecule has 6 rings (SSSR count). The first-order chi connectivity index (χ1) is 18.0. The lowest BCUT2D eigenvalue weighted by Crippen LogP contribution is -2.62. The molecule has 0 aliphatic heterocycles. The molecule has 0 unspecified atom stereocenters. The molecule has 6 aliphatic rings. The molecule has 0 saturated heterocycles. The molecule has 6 fully saturated rings. The highest BCUT2D eigenvalue weighted by atomic mass is 16.6. The van der Waals surface area contributed by atoms with E-state index in [1.165, 1.54) is 19.3 Å². The lowest BCUT2D eigenvalue weighted by Gasteiger charge is -2.63. The predicted molar refractivity (Wildman–Crippen MR) is 147 cm³/mol. The maximum Gasteiger partial charge on any atom is 0.306 e. The quantitative estimate of drug-likeness (QED) is 0.374. The number of hydrogen-bond acceptors (Lipinski definition) is 5. The van der Waals surface area contributed by atoms with Gasteiger partial charge in [0.25, 0.3) is 0 Å². The molecule has 0 aromatic rings. The van der Waals surface area contributed by atoms with Gasteiger partial charge in [0.05, 0.1) is 18.3 Å². The normalized spacial score (nSPS) is 54.2. The highest BCUT2D eigenvalue weighted by Crippen LogP contribution is 2.68. The van der Waals surface area contributed by atoms with Crippen molar-refractivity contribution in [1.82, 2.24) is 0 Å². The summed E-state index contributed by atoms with van der Waals surface area (Å²) in [5, 5.41) is 33.7. The van der Waals surface area contributed by atoms with E-state index < -0.39 is 0 Å². The smallest absolute Gasteiger partial charge is 0.306 e. The molecule has 0 aromatic heterocycles. The molecule has 0 aromatic carbocycles. The predicted octanol–water partition coefficient (Wildman–Crippen LogP) is 5.88. The highest BCUT2D eigenvalue weighted by molar-refractivity contribution is 5.70. The van der Waals surface area contributed by atoms with Crippen LogP contribution < -0.4 is 0 Å². The Morgan fingerprint density at radius 3 is 2.42 bits per heavy atom. The molecule has 3 N–H and O–H groups in total. The first-order valence-electron chi connectivity index (χ1n) is 16.3. The van der Waals surface area contributed by atoms with Crippen LogP contribution in [0.15, 0.2) is 0 Å². The molecule has 6 saturated carbocycles. The molecule has 216 valence electrons. The van der Waals surface area contributed by atoms with Gasteiger partial charge >= 0.3 is 5.97 Å². The van der Waals surface area contributed by atoms with Crippen molar-refractivity contribution in [3.8, 4) is 0 Å². The zero-order valence-corrected chi connectivity index (χ0v) is 24.4. The van der Waals surface area contributed by atoms with Gasteiger partial charge in [0.15, 0.2) is 0 Å². The van der Waals surface area contributed by atoms with Crippen molar-refractivity contribution < 1.29 is 24.9 Å². The van der Waals surface area contributed by atoms with Crippen LogP contribution in [0, 0.1) is 58.2 Å². The summed E-state index contributed by atoms with van der Waals surface area (Å²) in [5.41, 5.74) is -0.311. The highest BCUT2D eigenvalue weighted by Gasteiger charge is 2.65. The molecule has 0 spiro atoms. The number of aliphatic hydroxyl groups excluding tert-OH is 3. The first kappa shape index (κ1) is 27.5. The third-order valence-corrected chi connectivity index (χ3v) is 14.2. The minimum Gasteiger partial charge on any atom is -0.459 e. The number of esters is 1. The van der Waals surface area contributed by atoms with E-state index in [9.17, 15) is 20.1 Å². The summed E-state index contributed by atoms with van der Waals surface area (Å²) in [6, 6.07) is 0. The van der Waals surface area contributed by atoms with Crippen molar-refractivity contribution in [2.24, 2.45) is 58.2 Å². The molecule has 0 heterocycles. The van der Waals surface area contributed by atoms with E-state index in [-0.39, 0.29) is 46.6 Å². The number of fused-ring (bicyclic) bond motifs is 7. The molecule has 0 radical (unpaired) electrons. The fourth-order valence-corrected chi connectivity index (χ4v) is 12.0. The van der Waals surface area contributed by atoms with E-state index in [2.05, 4.69) is 27.7 Å². The number of rotatable bonds is 6. The maximum atomic E-state index is 13.1. The summed E-state index contributed by atoms with van der Waals surface area (Å²) in [6.45, 7) is 9.17. The summed E-state index contributed by atoms with van der Waals surface area (Å²) >= 11 is 0. The van der Waals surface area contributed by atoms with E-state index in [4.69, 9.17) is 4.74 Å². The van der Waals surface area contributed by atoms with Crippen LogP contribution in [-0.2, 0) is 9.53 Å². The summed E-state index contributed by atoms with van der Waals surface area (Å²) in [7, 11) is 0. The van der Waals surface area contributed by atoms with Crippen LogP contribution in [0.4, 0.5) is 0 Å². The van der Waals surface area contributed by atoms with Crippen molar-refractivity contribution in [1.29, 1.82) is 0 Å². The van der Waals surface area contributed by atoms with Gasteiger partial charge in [-0.1, -0.05) is 27.7 Å². The van der Waals surface area contributed by atoms with Gasteiger partial charge in [-0.2, -0.15) is 0 Å². The molecule has 5 heteroatoms. The number of carbonyl (C=O) groups excluding carboxylic acids is 1. The average molecular weight is 531 g/mol. The molecular formula is C33H54O5. The summed E-state index contributed by atoms with van der Waals surface area (Å²) in [4.78, 5) is 13.1. The van der Waals surface area contributed by atoms with Gasteiger partial charge in [-0.05, 0) is 142 Å². The SMILES string of the molecule is CC[C@]1(OC(=O)CC[C@@H](C)[C@H]2CC[C@H]3[C@@H]4[C@H](O)C[C@@H]5C[C@H](O)CC[C@]5(C)[C@H]4C[C@H](O)[C@]23C)C[C@H]2CC[C@@H]1C2. The van der Waals surface area contributed by atoms with Crippen LogP contribution in [0.5, 0.6) is 0 Å². The Hall–Kier alpha value is -0.650. The van der Waals surface area contributed by atoms with Crippen molar-refractivity contribution >= 4 is 5.97 Å². The third kappa shape index (κ3) is 4.06. The summed E-state index contributed by atoms with van der Waals surface area (Å²) in [6.07, 6.45) is 12.5. The van der Waals surface area contributed by atoms with E-state index in [0.717, 1.165) is 70.1 Å². The lowest BCUT2D eigenvalue weighted by molar-refractivity contribution is -0.207. The van der Waals surface area contributed by atoms with Crippen LogP contribution in [0.2, 0.25) is 0 Å². The van der Waals surface area contributed by atoms with Gasteiger partial charge in [0.1, 0.15) is 5.60 Å². The zero-order valence-electron chi connectivity index (χ0n) is 24.4. The zero-order chi connectivity index (χ0) is 27.0. The van der Waals surface area contributed by atoms with Crippen molar-refractivity contribution in [2.75, 3.05) is 0 Å². The molecule has 0 amide bonds. The molecule has 6 aliphatic carbocycles. The van der Waals surface area contributed by atoms with Gasteiger partial charge in [-0.25, -0.2) is 0 Å². The van der Waals surface area contributed by atoms with E-state index in [1.54, 1.807) is 0 Å². The Kier molecular flexibility index (Phi) is 7.04. The van der Waals surface area contributed by atoms with Crippen molar-refractivity contribution in [2.45, 2.75) is 141 Å². The maximum absolute atomic E-state index is 13.1. The van der Waals surface area contributed by atoms with Crippen LogP contribution >= 0.6 is 0 Å². The van der Waals surface area contributed by atoms with E-state index in [1.807, 2.05) is 0 Å². The minimum absolute atomic E-state index is 0.0173. The second kappa shape index (κ2) is 9.72. The standard InChI is InChI=1S/C33H54O5/c1-5-33(18-20-7-8-21(33)14-20)38-29(37)11-6-19(2)24-9-10-25-30-26(17-28(36)32(24,25)4)31(3)13-12-23(34)15-22(31)16-27(30)35/h19-28,30,34-36H,5-18H2,1-4H3/t19-,20+,21-,22+,23-,24-,25+,26+,27-,28+,30+,31+,32-,33+/m1/s1. The molecule has 5 nitrogen and oxygen atoms in total. The van der Waals surface area contributed by atoms with Crippen LogP contribution in [0.1, 0.15) is 118 Å². The fourth-order valence-electron chi connectivity index (χ4n) is 12.0. The Morgan fingerprint density at radius 1 is 0.947 bits per heavy atom. The average Bonchev–Trinajstić information content (AvgIpc) is 3.58. The molecule has 2 bridgehead atoms. The second-order valence-corrected chi connectivity index (χ2v) is 15.5. The van der Waals surface area contributed by atoms with Crippen LogP contribution in [-0.4, -0.2) is 45.2 Å². The van der Waals surface area contributed by atoms with Gasteiger partial charge in [0, 0.05) is 6.42 Å². The third-order valence-electron chi connectivity index (χ3n) is 14.2. The minimum atomic E-state index is -0.373. The van der Waals surface area contributed by atoms with Gasteiger partial charge < -0.3 is 20.1 Å². The number of hydrogen-bond donors (Lipinski definition) is 3. The monoisotopic (exact) mass is 530 g/mol. The van der Waals surface area contributed by atoms with Gasteiger partial charge in [-0.3, -0.25) is 4.79 Å². The topological polar surface area (TPSA) is 87.0 Å². The molecule has 14 atom stereocenters. The van der Waals surface area contributed by atoms with Gasteiger partial charge in [0.2, 0.25) is 0 Å². The second-order valence-electron chi connectivity index (χ2n) is 15.5. The Labute approximate surface area is 230 Å². The Bertz CT molecular complexity index is 906. The molecule has 38 heavy (non-hydrogen) atoms. The summed E-state index contributed by atoms with van der Waals surface area (Å²) in [5.74, 6) is 3.25. The largest absolute Gasteiger partial charge is 0.459 e. The van der Waals surface area contributed by atoms with E-state index in [0.29, 0.717) is 41.9 Å². The van der Waals surface area contributed by atoms with E-state index >= 15 is 0 Å². The first-order valence-corrected chi connectivity index (χ1v) is 16.3. The fraction of sp³-hybridized carbons (Fsp3) is 0.970. The number of ether oxygens (including phenoxy) is 1.